The van der Waals surface area contributed by atoms with E-state index in [-0.39, 0.29) is 0 Å². The number of nitrogens with one attached hydrogen (secondary N) is 2. The minimum absolute atomic E-state index is 0.347. The lowest BCUT2D eigenvalue weighted by Gasteiger charge is -2.03. The van der Waals surface area contributed by atoms with Gasteiger partial charge >= 0.3 is 0 Å². The lowest BCUT2D eigenvalue weighted by molar-refractivity contribution is 0.433. The smallest absolute Gasteiger partial charge is 0.122 e. The Morgan fingerprint density at radius 3 is 3.00 bits per heavy atom. The largest absolute Gasteiger partial charge is 0.468 e. The molecule has 0 spiro atoms. The normalized spacial score (nSPS) is 31.0. The topological polar surface area (TPSA) is 37.2 Å². The van der Waals surface area contributed by atoms with Crippen LogP contribution in [0.1, 0.15) is 25.1 Å². The molecule has 11 heavy (non-hydrogen) atoms. The van der Waals surface area contributed by atoms with E-state index in [0.717, 1.165) is 12.2 Å². The average Bonchev–Trinajstić information content (AvgIpc) is 2.55. The molecule has 60 valence electrons. The van der Waals surface area contributed by atoms with Gasteiger partial charge in [0.1, 0.15) is 5.76 Å². The summed E-state index contributed by atoms with van der Waals surface area (Å²) in [6.07, 6.45) is 2.80. The highest BCUT2D eigenvalue weighted by Gasteiger charge is 2.23. The van der Waals surface area contributed by atoms with Gasteiger partial charge in [-0.3, -0.25) is 5.43 Å². The van der Waals surface area contributed by atoms with Gasteiger partial charge in [-0.1, -0.05) is 0 Å². The zero-order valence-electron chi connectivity index (χ0n) is 6.50. The van der Waals surface area contributed by atoms with Crippen molar-refractivity contribution in [3.05, 3.63) is 24.2 Å². The van der Waals surface area contributed by atoms with E-state index in [0.29, 0.717) is 12.1 Å². The molecular formula is C8H12N2O. The van der Waals surface area contributed by atoms with Crippen molar-refractivity contribution in [1.82, 2.24) is 10.9 Å². The highest BCUT2D eigenvalue weighted by molar-refractivity contribution is 5.06. The van der Waals surface area contributed by atoms with Crippen LogP contribution in [0, 0.1) is 0 Å². The molecule has 2 N–H and O–H groups in total. The monoisotopic (exact) mass is 152 g/mol. The van der Waals surface area contributed by atoms with Crippen LogP contribution in [0.15, 0.2) is 22.8 Å². The Bertz CT molecular complexity index is 220. The zero-order chi connectivity index (χ0) is 7.68. The predicted octanol–water partition coefficient (Wildman–Crippen LogP) is 1.21. The molecular weight excluding hydrogens is 140 g/mol. The molecule has 1 fully saturated rings. The molecule has 2 atom stereocenters. The second-order valence-corrected chi connectivity index (χ2v) is 2.99. The Morgan fingerprint density at radius 1 is 1.55 bits per heavy atom. The first kappa shape index (κ1) is 6.88. The van der Waals surface area contributed by atoms with Crippen molar-refractivity contribution in [2.75, 3.05) is 0 Å². The SMILES string of the molecule is C[C@@H]1C[C@@H](c2ccco2)NN1. The van der Waals surface area contributed by atoms with Gasteiger partial charge in [0.15, 0.2) is 0 Å². The Kier molecular flexibility index (Phi) is 1.68. The molecule has 0 radical (unpaired) electrons. The van der Waals surface area contributed by atoms with Crippen LogP contribution >= 0.6 is 0 Å². The van der Waals surface area contributed by atoms with Crippen LogP contribution in [-0.2, 0) is 0 Å². The van der Waals surface area contributed by atoms with Crippen molar-refractivity contribution in [2.45, 2.75) is 25.4 Å². The van der Waals surface area contributed by atoms with Gasteiger partial charge in [0.25, 0.3) is 0 Å². The molecule has 2 rings (SSSR count). The maximum Gasteiger partial charge on any atom is 0.122 e. The van der Waals surface area contributed by atoms with Crippen LogP contribution in [0.25, 0.3) is 0 Å². The number of furan rings is 1. The molecule has 2 heterocycles. The number of hydrazine groups is 1. The van der Waals surface area contributed by atoms with E-state index in [4.69, 9.17) is 4.42 Å². The molecule has 1 aliphatic rings. The number of rotatable bonds is 1. The molecule has 3 nitrogen and oxygen atoms in total. The molecule has 0 amide bonds. The van der Waals surface area contributed by atoms with E-state index >= 15 is 0 Å². The van der Waals surface area contributed by atoms with Crippen molar-refractivity contribution >= 4 is 0 Å². The van der Waals surface area contributed by atoms with Gasteiger partial charge in [-0.15, -0.1) is 0 Å². The van der Waals surface area contributed by atoms with Crippen molar-refractivity contribution < 1.29 is 4.42 Å². The Labute approximate surface area is 65.7 Å². The summed E-state index contributed by atoms with van der Waals surface area (Å²) in [5.41, 5.74) is 6.31. The third-order valence-corrected chi connectivity index (χ3v) is 1.98. The Morgan fingerprint density at radius 2 is 2.45 bits per heavy atom. The lowest BCUT2D eigenvalue weighted by Crippen LogP contribution is -2.28. The molecule has 0 unspecified atom stereocenters. The van der Waals surface area contributed by atoms with Gasteiger partial charge in [0.05, 0.1) is 12.3 Å². The van der Waals surface area contributed by atoms with Gasteiger partial charge in [0.2, 0.25) is 0 Å². The highest BCUT2D eigenvalue weighted by Crippen LogP contribution is 2.21. The molecule has 3 heteroatoms. The second kappa shape index (κ2) is 2.68. The fraction of sp³-hybridized carbons (Fsp3) is 0.500. The maximum absolute atomic E-state index is 5.26. The van der Waals surface area contributed by atoms with Crippen LogP contribution < -0.4 is 10.9 Å². The van der Waals surface area contributed by atoms with Gasteiger partial charge in [-0.2, -0.15) is 0 Å². The van der Waals surface area contributed by atoms with E-state index < -0.39 is 0 Å². The summed E-state index contributed by atoms with van der Waals surface area (Å²) in [6.45, 7) is 2.15. The molecule has 1 saturated heterocycles. The first-order valence-electron chi connectivity index (χ1n) is 3.91. The summed E-state index contributed by atoms with van der Waals surface area (Å²) in [5.74, 6) is 1.02. The van der Waals surface area contributed by atoms with E-state index in [1.54, 1.807) is 6.26 Å². The van der Waals surface area contributed by atoms with E-state index in [2.05, 4.69) is 17.8 Å². The Balaban J connectivity index is 2.08. The fourth-order valence-electron chi connectivity index (χ4n) is 1.39. The molecule has 0 aliphatic carbocycles. The van der Waals surface area contributed by atoms with Crippen LogP contribution in [0.3, 0.4) is 0 Å². The van der Waals surface area contributed by atoms with Gasteiger partial charge in [-0.25, -0.2) is 5.43 Å². The molecule has 0 aromatic carbocycles. The highest BCUT2D eigenvalue weighted by atomic mass is 16.3. The molecule has 1 aliphatic heterocycles. The average molecular weight is 152 g/mol. The Hall–Kier alpha value is -0.800. The van der Waals surface area contributed by atoms with Crippen LogP contribution in [0.4, 0.5) is 0 Å². The molecule has 0 bridgehead atoms. The lowest BCUT2D eigenvalue weighted by atomic mass is 10.1. The van der Waals surface area contributed by atoms with E-state index in [9.17, 15) is 0 Å². The van der Waals surface area contributed by atoms with E-state index in [1.165, 1.54) is 0 Å². The van der Waals surface area contributed by atoms with Crippen molar-refractivity contribution in [3.63, 3.8) is 0 Å². The van der Waals surface area contributed by atoms with Crippen LogP contribution in [-0.4, -0.2) is 6.04 Å². The van der Waals surface area contributed by atoms with E-state index in [1.807, 2.05) is 12.1 Å². The van der Waals surface area contributed by atoms with Gasteiger partial charge in [-0.05, 0) is 25.5 Å². The van der Waals surface area contributed by atoms with Gasteiger partial charge in [0, 0.05) is 6.04 Å². The molecule has 0 saturated carbocycles. The second-order valence-electron chi connectivity index (χ2n) is 2.99. The predicted molar refractivity (Wildman–Crippen MR) is 41.8 cm³/mol. The maximum atomic E-state index is 5.26. The fourth-order valence-corrected chi connectivity index (χ4v) is 1.39. The first-order valence-corrected chi connectivity index (χ1v) is 3.91. The molecule has 1 aromatic rings. The minimum atomic E-state index is 0.347. The number of hydrogen-bond acceptors (Lipinski definition) is 3. The van der Waals surface area contributed by atoms with Crippen LogP contribution in [0.2, 0.25) is 0 Å². The third kappa shape index (κ3) is 1.29. The summed E-state index contributed by atoms with van der Waals surface area (Å²) in [7, 11) is 0. The summed E-state index contributed by atoms with van der Waals surface area (Å²) < 4.78 is 5.26. The minimum Gasteiger partial charge on any atom is -0.468 e. The van der Waals surface area contributed by atoms with Crippen molar-refractivity contribution in [3.8, 4) is 0 Å². The molecule has 1 aromatic heterocycles. The third-order valence-electron chi connectivity index (χ3n) is 1.98. The summed E-state index contributed by atoms with van der Waals surface area (Å²) in [4.78, 5) is 0. The quantitative estimate of drug-likeness (QED) is 0.635. The summed E-state index contributed by atoms with van der Waals surface area (Å²) >= 11 is 0. The standard InChI is InChI=1S/C8H12N2O/c1-6-5-7(10-9-6)8-3-2-4-11-8/h2-4,6-7,9-10H,5H2,1H3/t6-,7+/m1/s1. The summed E-state index contributed by atoms with van der Waals surface area (Å²) in [5, 5.41) is 0. The van der Waals surface area contributed by atoms with Gasteiger partial charge < -0.3 is 4.42 Å². The number of hydrogen-bond donors (Lipinski definition) is 2. The van der Waals surface area contributed by atoms with Crippen molar-refractivity contribution in [1.29, 1.82) is 0 Å². The van der Waals surface area contributed by atoms with Crippen molar-refractivity contribution in [2.24, 2.45) is 0 Å². The first-order chi connectivity index (χ1) is 5.36. The van der Waals surface area contributed by atoms with Crippen LogP contribution in [0.5, 0.6) is 0 Å². The summed E-state index contributed by atoms with van der Waals surface area (Å²) in [6, 6.07) is 4.79. The zero-order valence-corrected chi connectivity index (χ0v) is 6.50.